The Labute approximate surface area is 227 Å². The average Bonchev–Trinajstić information content (AvgIpc) is 2.86. The van der Waals surface area contributed by atoms with Crippen molar-refractivity contribution >= 4 is 29.0 Å². The zero-order valence-electron chi connectivity index (χ0n) is 23.1. The zero-order valence-corrected chi connectivity index (χ0v) is 23.1. The molecule has 0 radical (unpaired) electrons. The van der Waals surface area contributed by atoms with Gasteiger partial charge in [0.2, 0.25) is 5.91 Å². The maximum Gasteiger partial charge on any atom is 0.416 e. The van der Waals surface area contributed by atoms with Crippen LogP contribution < -0.4 is 15.5 Å². The second-order valence-corrected chi connectivity index (χ2v) is 10.7. The summed E-state index contributed by atoms with van der Waals surface area (Å²) >= 11 is 0. The molecule has 0 bridgehead atoms. The molecule has 208 valence electrons. The van der Waals surface area contributed by atoms with Crippen molar-refractivity contribution in [1.82, 2.24) is 4.90 Å². The number of alkyl halides is 3. The molecule has 2 N–H and O–H groups in total. The first-order valence-corrected chi connectivity index (χ1v) is 12.6. The Morgan fingerprint density at radius 3 is 1.95 bits per heavy atom. The number of anilines is 3. The third-order valence-corrected chi connectivity index (χ3v) is 6.28. The lowest BCUT2D eigenvalue weighted by Gasteiger charge is -2.35. The maximum absolute atomic E-state index is 13.6. The molecule has 0 aliphatic heterocycles. The van der Waals surface area contributed by atoms with Gasteiger partial charge in [-0.25, -0.2) is 4.79 Å². The van der Waals surface area contributed by atoms with Crippen LogP contribution in [-0.4, -0.2) is 30.9 Å². The van der Waals surface area contributed by atoms with E-state index in [0.717, 1.165) is 28.9 Å². The van der Waals surface area contributed by atoms with Gasteiger partial charge in [-0.15, -0.1) is 0 Å². The van der Waals surface area contributed by atoms with Crippen molar-refractivity contribution in [3.63, 3.8) is 0 Å². The van der Waals surface area contributed by atoms with Crippen LogP contribution in [0.1, 0.15) is 50.4 Å². The number of halogens is 3. The highest BCUT2D eigenvalue weighted by molar-refractivity contribution is 6.00. The Balaban J connectivity index is 1.86. The second-order valence-electron chi connectivity index (χ2n) is 10.7. The summed E-state index contributed by atoms with van der Waals surface area (Å²) in [5, 5.41) is 5.29. The van der Waals surface area contributed by atoms with E-state index < -0.39 is 23.2 Å². The molecule has 1 atom stereocenters. The largest absolute Gasteiger partial charge is 0.416 e. The van der Waals surface area contributed by atoms with Gasteiger partial charge >= 0.3 is 12.2 Å². The first-order valence-electron chi connectivity index (χ1n) is 12.6. The smallest absolute Gasteiger partial charge is 0.377 e. The van der Waals surface area contributed by atoms with Crippen molar-refractivity contribution in [2.24, 2.45) is 5.41 Å². The summed E-state index contributed by atoms with van der Waals surface area (Å²) in [6.07, 6.45) is -4.45. The summed E-state index contributed by atoms with van der Waals surface area (Å²) in [5.74, 6) is -0.0121. The molecular weight excluding hydrogens is 505 g/mol. The van der Waals surface area contributed by atoms with Crippen LogP contribution in [0.4, 0.5) is 35.0 Å². The first-order chi connectivity index (χ1) is 18.2. The number of hydrogen-bond donors (Lipinski definition) is 2. The van der Waals surface area contributed by atoms with Crippen molar-refractivity contribution < 1.29 is 22.8 Å². The van der Waals surface area contributed by atoms with Gasteiger partial charge < -0.3 is 20.4 Å². The fraction of sp³-hybridized carbons (Fsp3) is 0.333. The number of nitrogens with zero attached hydrogens (tertiary/aromatic N) is 2. The molecule has 9 heteroatoms. The minimum absolute atomic E-state index is 0.0121. The lowest BCUT2D eigenvalue weighted by molar-refractivity contribution is -0.142. The minimum Gasteiger partial charge on any atom is -0.377 e. The molecule has 3 rings (SSSR count). The number of amides is 3. The number of nitrogens with one attached hydrogen (secondary N) is 2. The molecule has 0 aliphatic carbocycles. The normalized spacial score (nSPS) is 12.4. The van der Waals surface area contributed by atoms with Gasteiger partial charge in [0.1, 0.15) is 0 Å². The van der Waals surface area contributed by atoms with Gasteiger partial charge in [-0.1, -0.05) is 51.1 Å². The lowest BCUT2D eigenvalue weighted by atomic mass is 9.92. The molecule has 3 amide bonds. The highest BCUT2D eigenvalue weighted by atomic mass is 19.4. The van der Waals surface area contributed by atoms with Crippen molar-refractivity contribution in [3.8, 4) is 0 Å². The van der Waals surface area contributed by atoms with E-state index in [1.807, 2.05) is 94.1 Å². The number of rotatable bonds is 7. The van der Waals surface area contributed by atoms with Crippen LogP contribution in [0.2, 0.25) is 0 Å². The predicted molar refractivity (Wildman–Crippen MR) is 150 cm³/mol. The third kappa shape index (κ3) is 7.75. The highest BCUT2D eigenvalue weighted by Crippen LogP contribution is 2.32. The molecule has 0 spiro atoms. The highest BCUT2D eigenvalue weighted by Gasteiger charge is 2.32. The predicted octanol–water partition coefficient (Wildman–Crippen LogP) is 7.55. The van der Waals surface area contributed by atoms with Crippen LogP contribution in [0, 0.1) is 5.41 Å². The van der Waals surface area contributed by atoms with Gasteiger partial charge in [0.15, 0.2) is 0 Å². The van der Waals surface area contributed by atoms with Gasteiger partial charge in [0.05, 0.1) is 11.6 Å². The van der Waals surface area contributed by atoms with Crippen molar-refractivity contribution in [1.29, 1.82) is 0 Å². The first kappa shape index (κ1) is 29.5. The SMILES string of the molecule is CC(c1ccccc1)N(Cc1cc(NC(=O)Nc2ccc(C(F)(F)F)cc2)ccc1N(C)C)C(=O)C(C)(C)C. The Morgan fingerprint density at radius 1 is 0.846 bits per heavy atom. The lowest BCUT2D eigenvalue weighted by Crippen LogP contribution is -2.40. The van der Waals surface area contributed by atoms with E-state index >= 15 is 0 Å². The molecule has 0 aliphatic rings. The number of benzene rings is 3. The van der Waals surface area contributed by atoms with E-state index in [1.165, 1.54) is 12.1 Å². The molecule has 39 heavy (non-hydrogen) atoms. The number of urea groups is 1. The third-order valence-electron chi connectivity index (χ3n) is 6.28. The van der Waals surface area contributed by atoms with Gasteiger partial charge in [-0.3, -0.25) is 4.79 Å². The summed E-state index contributed by atoms with van der Waals surface area (Å²) in [4.78, 5) is 30.0. The monoisotopic (exact) mass is 540 g/mol. The van der Waals surface area contributed by atoms with E-state index in [-0.39, 0.29) is 17.6 Å². The van der Waals surface area contributed by atoms with Crippen molar-refractivity contribution in [2.75, 3.05) is 29.6 Å². The van der Waals surface area contributed by atoms with Crippen molar-refractivity contribution in [2.45, 2.75) is 46.5 Å². The van der Waals surface area contributed by atoms with Crippen LogP contribution in [0.3, 0.4) is 0 Å². The Hall–Kier alpha value is -4.01. The molecule has 0 fully saturated rings. The summed E-state index contributed by atoms with van der Waals surface area (Å²) in [6.45, 7) is 7.95. The van der Waals surface area contributed by atoms with Crippen molar-refractivity contribution in [3.05, 3.63) is 89.5 Å². The standard InChI is InChI=1S/C30H35F3N4O2/c1-20(21-10-8-7-9-11-21)37(27(38)29(2,3)4)19-22-18-25(16-17-26(22)36(5)6)35-28(39)34-24-14-12-23(13-15-24)30(31,32)33/h7-18,20H,19H2,1-6H3,(H2,34,35,39). The number of carbonyl (C=O) groups is 2. The summed E-state index contributed by atoms with van der Waals surface area (Å²) in [5.41, 5.74) is 2.02. The molecule has 0 saturated heterocycles. The van der Waals surface area contributed by atoms with E-state index in [0.29, 0.717) is 12.2 Å². The second kappa shape index (κ2) is 11.8. The van der Waals surface area contributed by atoms with E-state index in [4.69, 9.17) is 0 Å². The molecule has 3 aromatic carbocycles. The van der Waals surface area contributed by atoms with E-state index in [9.17, 15) is 22.8 Å². The number of carbonyl (C=O) groups excluding carboxylic acids is 2. The summed E-state index contributed by atoms with van der Waals surface area (Å²) < 4.78 is 38.5. The zero-order chi connectivity index (χ0) is 29.0. The molecule has 1 unspecified atom stereocenters. The number of hydrogen-bond acceptors (Lipinski definition) is 3. The molecule has 6 nitrogen and oxygen atoms in total. The maximum atomic E-state index is 13.6. The topological polar surface area (TPSA) is 64.7 Å². The summed E-state index contributed by atoms with van der Waals surface area (Å²) in [7, 11) is 3.81. The quantitative estimate of drug-likeness (QED) is 0.325. The van der Waals surface area contributed by atoms with Gasteiger partial charge in [0.25, 0.3) is 0 Å². The van der Waals surface area contributed by atoms with Crippen LogP contribution in [-0.2, 0) is 17.5 Å². The molecule has 3 aromatic rings. The fourth-order valence-electron chi connectivity index (χ4n) is 4.17. The fourth-order valence-corrected chi connectivity index (χ4v) is 4.17. The van der Waals surface area contributed by atoms with Gasteiger partial charge in [-0.2, -0.15) is 13.2 Å². The van der Waals surface area contributed by atoms with Gasteiger partial charge in [0, 0.05) is 43.1 Å². The minimum atomic E-state index is -4.45. The molecule has 0 aromatic heterocycles. The van der Waals surface area contributed by atoms with Crippen LogP contribution in [0.15, 0.2) is 72.8 Å². The van der Waals surface area contributed by atoms with E-state index in [1.54, 1.807) is 6.07 Å². The average molecular weight is 541 g/mol. The van der Waals surface area contributed by atoms with Crippen LogP contribution in [0.5, 0.6) is 0 Å². The Kier molecular flexibility index (Phi) is 8.94. The Morgan fingerprint density at radius 2 is 1.41 bits per heavy atom. The molecule has 0 saturated carbocycles. The van der Waals surface area contributed by atoms with Crippen LogP contribution in [0.25, 0.3) is 0 Å². The van der Waals surface area contributed by atoms with E-state index in [2.05, 4.69) is 10.6 Å². The molecular formula is C30H35F3N4O2. The van der Waals surface area contributed by atoms with Gasteiger partial charge in [-0.05, 0) is 60.5 Å². The Bertz CT molecular complexity index is 1280. The summed E-state index contributed by atoms with van der Waals surface area (Å²) in [6, 6.07) is 18.6. The van der Waals surface area contributed by atoms with Crippen LogP contribution >= 0.6 is 0 Å². The molecule has 0 heterocycles.